The highest BCUT2D eigenvalue weighted by atomic mass is 32.2. The van der Waals surface area contributed by atoms with E-state index in [1.807, 2.05) is 73.8 Å². The van der Waals surface area contributed by atoms with E-state index in [1.165, 1.54) is 5.06 Å². The van der Waals surface area contributed by atoms with E-state index in [9.17, 15) is 8.42 Å². The molecule has 4 rings (SSSR count). The molecule has 1 N–H and O–H groups in total. The fourth-order valence-corrected chi connectivity index (χ4v) is 3.81. The van der Waals surface area contributed by atoms with Gasteiger partial charge in [0.1, 0.15) is 11.9 Å². The SMILES string of the molecule is CCS(=O)(=O)ON1c2c3ccccc3cc[n+]2N=C(C)C1NCc1ccccc1. The Morgan fingerprint density at radius 3 is 2.59 bits per heavy atom. The number of pyridine rings is 1. The third-order valence-corrected chi connectivity index (χ3v) is 5.90. The van der Waals surface area contributed by atoms with Crippen molar-refractivity contribution in [2.75, 3.05) is 10.8 Å². The number of aromatic nitrogens is 1. The van der Waals surface area contributed by atoms with Gasteiger partial charge in [-0.25, -0.2) is 0 Å². The van der Waals surface area contributed by atoms with Crippen molar-refractivity contribution in [3.63, 3.8) is 0 Å². The number of hydroxylamine groups is 1. The third kappa shape index (κ3) is 4.00. The minimum atomic E-state index is -3.75. The number of hydrogen-bond acceptors (Lipinski definition) is 6. The molecule has 7 nitrogen and oxygen atoms in total. The average Bonchev–Trinajstić information content (AvgIpc) is 2.73. The lowest BCUT2D eigenvalue weighted by molar-refractivity contribution is -0.668. The van der Waals surface area contributed by atoms with Crippen LogP contribution in [0.5, 0.6) is 0 Å². The first-order valence-corrected chi connectivity index (χ1v) is 11.0. The Morgan fingerprint density at radius 2 is 1.83 bits per heavy atom. The Bertz CT molecular complexity index is 1160. The zero-order valence-electron chi connectivity index (χ0n) is 16.3. The predicted molar refractivity (Wildman–Crippen MR) is 113 cm³/mol. The number of hydrogen-bond donors (Lipinski definition) is 1. The van der Waals surface area contributed by atoms with Crippen LogP contribution in [0.4, 0.5) is 5.82 Å². The smallest absolute Gasteiger partial charge is 0.267 e. The van der Waals surface area contributed by atoms with Crippen LogP contribution in [-0.2, 0) is 20.9 Å². The second kappa shape index (κ2) is 7.90. The van der Waals surface area contributed by atoms with Gasteiger partial charge in [0.05, 0.1) is 11.1 Å². The van der Waals surface area contributed by atoms with Crippen LogP contribution in [0, 0.1) is 0 Å². The van der Waals surface area contributed by atoms with Crippen LogP contribution >= 0.6 is 0 Å². The molecular weight excluding hydrogens is 388 g/mol. The molecule has 2 aromatic carbocycles. The number of fused-ring (bicyclic) bond motifs is 3. The van der Waals surface area contributed by atoms with E-state index in [-0.39, 0.29) is 5.75 Å². The Balaban J connectivity index is 1.79. The van der Waals surface area contributed by atoms with E-state index < -0.39 is 16.3 Å². The molecule has 0 radical (unpaired) electrons. The van der Waals surface area contributed by atoms with Gasteiger partial charge in [-0.3, -0.25) is 5.32 Å². The molecule has 0 amide bonds. The lowest BCUT2D eigenvalue weighted by Gasteiger charge is -2.28. The summed E-state index contributed by atoms with van der Waals surface area (Å²) in [6.07, 6.45) is 1.27. The number of nitrogens with zero attached hydrogens (tertiary/aromatic N) is 3. The molecule has 8 heteroatoms. The summed E-state index contributed by atoms with van der Waals surface area (Å²) >= 11 is 0. The van der Waals surface area contributed by atoms with Gasteiger partial charge in [0, 0.05) is 6.54 Å². The summed E-state index contributed by atoms with van der Waals surface area (Å²) < 4.78 is 32.0. The summed E-state index contributed by atoms with van der Waals surface area (Å²) in [6, 6.07) is 19.6. The van der Waals surface area contributed by atoms with Gasteiger partial charge in [0.15, 0.2) is 0 Å². The fourth-order valence-electron chi connectivity index (χ4n) is 3.30. The van der Waals surface area contributed by atoms with Crippen LogP contribution in [0.3, 0.4) is 0 Å². The molecule has 1 atom stereocenters. The van der Waals surface area contributed by atoms with E-state index in [0.29, 0.717) is 18.1 Å². The molecule has 0 bridgehead atoms. The predicted octanol–water partition coefficient (Wildman–Crippen LogP) is 2.57. The maximum absolute atomic E-state index is 12.4. The fraction of sp³-hybridized carbons (Fsp3) is 0.238. The van der Waals surface area contributed by atoms with E-state index in [1.54, 1.807) is 11.6 Å². The maximum atomic E-state index is 12.4. The monoisotopic (exact) mass is 411 g/mol. The van der Waals surface area contributed by atoms with E-state index in [4.69, 9.17) is 4.28 Å². The normalized spacial score (nSPS) is 16.6. The van der Waals surface area contributed by atoms with Crippen molar-refractivity contribution in [2.45, 2.75) is 26.6 Å². The van der Waals surface area contributed by atoms with Gasteiger partial charge in [-0.15, -0.1) is 4.68 Å². The summed E-state index contributed by atoms with van der Waals surface area (Å²) in [7, 11) is -3.75. The van der Waals surface area contributed by atoms with Crippen LogP contribution < -0.4 is 15.1 Å². The number of benzene rings is 2. The first-order valence-electron chi connectivity index (χ1n) is 9.46. The number of anilines is 1. The van der Waals surface area contributed by atoms with E-state index in [2.05, 4.69) is 10.4 Å². The first kappa shape index (κ1) is 19.5. The first-order chi connectivity index (χ1) is 14.0. The zero-order chi connectivity index (χ0) is 20.4. The van der Waals surface area contributed by atoms with Crippen molar-refractivity contribution in [1.82, 2.24) is 5.32 Å². The summed E-state index contributed by atoms with van der Waals surface area (Å²) in [5, 5.41) is 11.3. The topological polar surface area (TPSA) is 74.9 Å². The Labute approximate surface area is 170 Å². The highest BCUT2D eigenvalue weighted by Gasteiger charge is 2.42. The maximum Gasteiger partial charge on any atom is 0.343 e. The largest absolute Gasteiger partial charge is 0.343 e. The molecule has 1 aromatic heterocycles. The lowest BCUT2D eigenvalue weighted by atomic mass is 10.1. The van der Waals surface area contributed by atoms with E-state index in [0.717, 1.165) is 16.3 Å². The Hall–Kier alpha value is -2.81. The van der Waals surface area contributed by atoms with Gasteiger partial charge in [-0.2, -0.15) is 8.42 Å². The summed E-state index contributed by atoms with van der Waals surface area (Å²) in [6.45, 7) is 3.95. The van der Waals surface area contributed by atoms with Gasteiger partial charge in [-0.1, -0.05) is 63.0 Å². The molecule has 29 heavy (non-hydrogen) atoms. The lowest BCUT2D eigenvalue weighted by Crippen LogP contribution is -2.59. The van der Waals surface area contributed by atoms with Crippen molar-refractivity contribution >= 4 is 32.4 Å². The Morgan fingerprint density at radius 1 is 1.10 bits per heavy atom. The van der Waals surface area contributed by atoms with Crippen LogP contribution in [0.2, 0.25) is 0 Å². The van der Waals surface area contributed by atoms with Crippen LogP contribution in [0.15, 0.2) is 72.0 Å². The molecule has 1 unspecified atom stereocenters. The van der Waals surface area contributed by atoms with Gasteiger partial charge >= 0.3 is 15.9 Å². The molecule has 0 fully saturated rings. The van der Waals surface area contributed by atoms with Crippen molar-refractivity contribution in [3.8, 4) is 0 Å². The minimum absolute atomic E-state index is 0.129. The number of nitrogens with one attached hydrogen (secondary N) is 1. The third-order valence-electron chi connectivity index (χ3n) is 4.81. The highest BCUT2D eigenvalue weighted by molar-refractivity contribution is 7.86. The molecule has 0 aliphatic carbocycles. The van der Waals surface area contributed by atoms with Gasteiger partial charge in [0.25, 0.3) is 0 Å². The second-order valence-electron chi connectivity index (χ2n) is 6.83. The summed E-state index contributed by atoms with van der Waals surface area (Å²) in [5.41, 5.74) is 1.77. The standard InChI is InChI=1S/C21H23N4O3S/c1-3-29(26,27)28-25-20(22-15-17-9-5-4-6-10-17)16(2)23-24-14-13-18-11-7-8-12-19(18)21(24)25/h4-14,20,22H,3,15H2,1-2H3/q+1. The second-order valence-corrected chi connectivity index (χ2v) is 8.67. The van der Waals surface area contributed by atoms with Crippen molar-refractivity contribution in [2.24, 2.45) is 5.10 Å². The number of rotatable bonds is 6. The molecule has 150 valence electrons. The zero-order valence-corrected chi connectivity index (χ0v) is 17.1. The molecular formula is C21H23N4O3S+. The summed E-state index contributed by atoms with van der Waals surface area (Å²) in [5.74, 6) is 0.437. The van der Waals surface area contributed by atoms with Crippen LogP contribution in [0.25, 0.3) is 10.8 Å². The van der Waals surface area contributed by atoms with Crippen molar-refractivity contribution in [3.05, 3.63) is 72.4 Å². The van der Waals surface area contributed by atoms with Crippen molar-refractivity contribution < 1.29 is 17.4 Å². The molecule has 0 saturated heterocycles. The van der Waals surface area contributed by atoms with Gasteiger partial charge < -0.3 is 0 Å². The molecule has 3 aromatic rings. The molecule has 2 heterocycles. The minimum Gasteiger partial charge on any atom is -0.267 e. The summed E-state index contributed by atoms with van der Waals surface area (Å²) in [4.78, 5) is 0. The van der Waals surface area contributed by atoms with Gasteiger partial charge in [-0.05, 0) is 36.9 Å². The molecule has 1 aliphatic heterocycles. The van der Waals surface area contributed by atoms with Gasteiger partial charge in [0.2, 0.25) is 6.17 Å². The van der Waals surface area contributed by atoms with E-state index >= 15 is 0 Å². The van der Waals surface area contributed by atoms with Crippen molar-refractivity contribution in [1.29, 1.82) is 0 Å². The average molecular weight is 412 g/mol. The molecule has 0 saturated carbocycles. The molecule has 1 aliphatic rings. The molecule has 0 spiro atoms. The van der Waals surface area contributed by atoms with Crippen LogP contribution in [-0.4, -0.2) is 26.0 Å². The Kier molecular flexibility index (Phi) is 5.31. The van der Waals surface area contributed by atoms with Crippen LogP contribution in [0.1, 0.15) is 19.4 Å². The quantitative estimate of drug-likeness (QED) is 0.631. The highest BCUT2D eigenvalue weighted by Crippen LogP contribution is 2.28.